The van der Waals surface area contributed by atoms with E-state index in [4.69, 9.17) is 37.0 Å². The minimum absolute atomic E-state index is 0.00201. The third kappa shape index (κ3) is 5.06. The van der Waals surface area contributed by atoms with Crippen LogP contribution in [0.1, 0.15) is 62.1 Å². The van der Waals surface area contributed by atoms with E-state index in [1.807, 2.05) is 44.2 Å². The Bertz CT molecular complexity index is 2630. The zero-order valence-electron chi connectivity index (χ0n) is 29.9. The number of oxazole rings is 2. The maximum absolute atomic E-state index is 15.2. The number of aromatic nitrogens is 3. The summed E-state index contributed by atoms with van der Waals surface area (Å²) in [5.74, 6) is -2.84. The van der Waals surface area contributed by atoms with Crippen LogP contribution in [0.5, 0.6) is 5.75 Å². The number of nitrogens with zero attached hydrogens (tertiary/aromatic N) is 2. The molecule has 6 heterocycles. The Labute approximate surface area is 323 Å². The molecule has 6 N–H and O–H groups in total. The van der Waals surface area contributed by atoms with E-state index < -0.39 is 47.2 Å². The number of rotatable bonds is 4. The SMILES string of the molecule is CC(C)[C@H](O)C(=O)N[C@H]1Cc2ccc(O)c(c2)[C@@]23C(=O)Nc4c(cccc42)-c2cccc4[nH]c(Cl)c(c24)-c2oc(nc2Cl)-c2nc(oc23)[C@H](C(C)C)NC1=O. The van der Waals surface area contributed by atoms with Crippen LogP contribution in [0.3, 0.4) is 0 Å². The number of anilines is 1. The van der Waals surface area contributed by atoms with Gasteiger partial charge in [-0.05, 0) is 35.1 Å². The Kier molecular flexibility index (Phi) is 7.94. The quantitative estimate of drug-likeness (QED) is 0.114. The Hall–Kier alpha value is -5.63. The largest absolute Gasteiger partial charge is 0.508 e. The lowest BCUT2D eigenvalue weighted by Gasteiger charge is -2.30. The number of H-pyrrole nitrogens is 1. The fraction of sp³-hybridized carbons (Fsp3) is 0.275. The highest BCUT2D eigenvalue weighted by molar-refractivity contribution is 6.37. The highest BCUT2D eigenvalue weighted by Gasteiger charge is 2.57. The summed E-state index contributed by atoms with van der Waals surface area (Å²) in [6, 6.07) is 13.7. The number of phenolic OH excluding ortho intramolecular Hbond substituents is 1. The van der Waals surface area contributed by atoms with Crippen molar-refractivity contribution >= 4 is 57.5 Å². The molecular formula is C40H34Cl2N6O7. The van der Waals surface area contributed by atoms with Gasteiger partial charge in [0.05, 0.1) is 11.3 Å². The number of hydrogen-bond donors (Lipinski definition) is 6. The van der Waals surface area contributed by atoms with Crippen LogP contribution in [0.2, 0.25) is 10.3 Å². The number of amides is 3. The van der Waals surface area contributed by atoms with Crippen molar-refractivity contribution in [3.8, 4) is 39.8 Å². The van der Waals surface area contributed by atoms with Gasteiger partial charge < -0.3 is 40.0 Å². The molecule has 280 valence electrons. The first-order chi connectivity index (χ1) is 26.3. The van der Waals surface area contributed by atoms with Crippen LogP contribution in [-0.4, -0.2) is 55.0 Å². The van der Waals surface area contributed by atoms with Crippen molar-refractivity contribution in [2.75, 3.05) is 5.32 Å². The maximum atomic E-state index is 15.2. The summed E-state index contributed by atoms with van der Waals surface area (Å²) in [5, 5.41) is 32.2. The lowest BCUT2D eigenvalue weighted by molar-refractivity contribution is -0.135. The van der Waals surface area contributed by atoms with E-state index in [1.54, 1.807) is 32.0 Å². The molecule has 3 aromatic carbocycles. The van der Waals surface area contributed by atoms with Crippen LogP contribution < -0.4 is 16.0 Å². The van der Waals surface area contributed by atoms with Gasteiger partial charge in [-0.15, -0.1) is 0 Å². The van der Waals surface area contributed by atoms with Crippen molar-refractivity contribution in [3.63, 3.8) is 0 Å². The zero-order valence-corrected chi connectivity index (χ0v) is 31.4. The van der Waals surface area contributed by atoms with Crippen molar-refractivity contribution in [1.82, 2.24) is 25.6 Å². The van der Waals surface area contributed by atoms with Gasteiger partial charge in [-0.25, -0.2) is 4.98 Å². The van der Waals surface area contributed by atoms with E-state index in [1.165, 1.54) is 6.07 Å². The summed E-state index contributed by atoms with van der Waals surface area (Å²) in [6.07, 6.45) is -1.43. The summed E-state index contributed by atoms with van der Waals surface area (Å²) in [4.78, 5) is 55.3. The first-order valence-electron chi connectivity index (χ1n) is 17.8. The smallest absolute Gasteiger partial charge is 0.250 e. The summed E-state index contributed by atoms with van der Waals surface area (Å²) >= 11 is 13.7. The zero-order chi connectivity index (χ0) is 38.7. The Morgan fingerprint density at radius 3 is 2.53 bits per heavy atom. The minimum Gasteiger partial charge on any atom is -0.508 e. The second-order valence-corrected chi connectivity index (χ2v) is 15.6. The van der Waals surface area contributed by atoms with Crippen LogP contribution in [-0.2, 0) is 26.2 Å². The van der Waals surface area contributed by atoms with Crippen molar-refractivity contribution < 1.29 is 33.4 Å². The number of carbonyl (C=O) groups is 3. The lowest BCUT2D eigenvalue weighted by Crippen LogP contribution is -2.52. The number of halogens is 2. The van der Waals surface area contributed by atoms with E-state index >= 15 is 4.79 Å². The molecule has 0 saturated carbocycles. The molecule has 0 aliphatic carbocycles. The molecule has 13 nitrogen and oxygen atoms in total. The van der Waals surface area contributed by atoms with Crippen LogP contribution in [0.15, 0.2) is 63.4 Å². The molecule has 0 saturated heterocycles. The van der Waals surface area contributed by atoms with E-state index in [-0.39, 0.29) is 63.0 Å². The van der Waals surface area contributed by atoms with Gasteiger partial charge in [-0.2, -0.15) is 4.98 Å². The number of aromatic hydroxyl groups is 1. The number of fused-ring (bicyclic) bond motifs is 8. The van der Waals surface area contributed by atoms with Gasteiger partial charge in [0.1, 0.15) is 29.1 Å². The molecule has 10 bridgehead atoms. The van der Waals surface area contributed by atoms with E-state index in [0.29, 0.717) is 44.4 Å². The molecule has 55 heavy (non-hydrogen) atoms. The van der Waals surface area contributed by atoms with Gasteiger partial charge in [0.25, 0.3) is 5.89 Å². The number of aromatic amines is 1. The monoisotopic (exact) mass is 780 g/mol. The molecule has 4 atom stereocenters. The Morgan fingerprint density at radius 1 is 1.00 bits per heavy atom. The normalized spacial score (nSPS) is 20.3. The molecule has 3 aliphatic rings. The highest BCUT2D eigenvalue weighted by Crippen LogP contribution is 2.57. The van der Waals surface area contributed by atoms with Gasteiger partial charge in [0.2, 0.25) is 23.6 Å². The van der Waals surface area contributed by atoms with Gasteiger partial charge >= 0.3 is 0 Å². The lowest BCUT2D eigenvalue weighted by atomic mass is 9.71. The predicted octanol–water partition coefficient (Wildman–Crippen LogP) is 6.63. The van der Waals surface area contributed by atoms with Crippen LogP contribution >= 0.6 is 23.2 Å². The second kappa shape index (κ2) is 12.4. The number of phenols is 1. The topological polar surface area (TPSA) is 196 Å². The minimum atomic E-state index is -1.91. The Balaban J connectivity index is 1.40. The first-order valence-corrected chi connectivity index (χ1v) is 18.6. The summed E-state index contributed by atoms with van der Waals surface area (Å²) in [6.45, 7) is 7.08. The van der Waals surface area contributed by atoms with Crippen LogP contribution in [0, 0.1) is 11.8 Å². The molecule has 1 spiro atoms. The van der Waals surface area contributed by atoms with Crippen molar-refractivity contribution in [2.24, 2.45) is 11.8 Å². The molecule has 3 aromatic heterocycles. The third-order valence-corrected chi connectivity index (χ3v) is 11.3. The van der Waals surface area contributed by atoms with Gasteiger partial charge in [-0.3, -0.25) is 14.4 Å². The number of aliphatic hydroxyl groups is 1. The number of benzene rings is 3. The third-order valence-electron chi connectivity index (χ3n) is 10.8. The second-order valence-electron chi connectivity index (χ2n) is 14.9. The molecule has 0 fully saturated rings. The standard InChI is InChI=1S/C40H34Cl2N6O7/c1-15(2)27-37-46-29-32(55-37)40(21-13-17(11-12-24(21)49)14-23(35(51)45-27)44-36(52)30(50)16(3)4)20-9-5-8-19(28(20)47-39(40)53)18-7-6-10-22-25(18)26(33(41)43-22)31-34(42)48-38(29)54-31/h5-13,15-16,23,27,30,43,49-50H,14H2,1-4H3,(H,44,52)(H,45,51)(H,47,53)/t23-,27-,30-,40-/m0/s1. The Morgan fingerprint density at radius 2 is 1.76 bits per heavy atom. The summed E-state index contributed by atoms with van der Waals surface area (Å²) in [5.41, 5.74) is 2.09. The van der Waals surface area contributed by atoms with Crippen LogP contribution in [0.25, 0.3) is 44.9 Å². The van der Waals surface area contributed by atoms with Crippen molar-refractivity contribution in [2.45, 2.75) is 57.7 Å². The van der Waals surface area contributed by atoms with Crippen molar-refractivity contribution in [1.29, 1.82) is 0 Å². The molecule has 15 heteroatoms. The maximum Gasteiger partial charge on any atom is 0.250 e. The van der Waals surface area contributed by atoms with E-state index in [0.717, 1.165) is 0 Å². The fourth-order valence-corrected chi connectivity index (χ4v) is 8.52. The number of aliphatic hydroxyl groups excluding tert-OH is 1. The number of para-hydroxylation sites is 1. The summed E-state index contributed by atoms with van der Waals surface area (Å²) in [7, 11) is 0. The van der Waals surface area contributed by atoms with Crippen molar-refractivity contribution in [3.05, 3.63) is 93.2 Å². The average Bonchev–Trinajstić information content (AvgIpc) is 3.90. The molecule has 3 amide bonds. The highest BCUT2D eigenvalue weighted by atomic mass is 35.5. The van der Waals surface area contributed by atoms with Gasteiger partial charge in [0, 0.05) is 34.0 Å². The molecule has 9 rings (SSSR count). The van der Waals surface area contributed by atoms with E-state index in [9.17, 15) is 19.8 Å². The number of nitrogens with one attached hydrogen (secondary N) is 4. The predicted molar refractivity (Wildman–Crippen MR) is 204 cm³/mol. The number of carbonyl (C=O) groups excluding carboxylic acids is 3. The first kappa shape index (κ1) is 35.1. The molecule has 6 aromatic rings. The van der Waals surface area contributed by atoms with Gasteiger partial charge in [-0.1, -0.05) is 93.4 Å². The van der Waals surface area contributed by atoms with Crippen LogP contribution in [0.4, 0.5) is 5.69 Å². The number of hydrogen-bond acceptors (Lipinski definition) is 9. The molecular weight excluding hydrogens is 747 g/mol. The van der Waals surface area contributed by atoms with E-state index in [2.05, 4.69) is 25.9 Å². The molecule has 0 unspecified atom stereocenters. The summed E-state index contributed by atoms with van der Waals surface area (Å²) < 4.78 is 13.2. The van der Waals surface area contributed by atoms with Gasteiger partial charge in [0.15, 0.2) is 27.8 Å². The molecule has 0 radical (unpaired) electrons. The average molecular weight is 782 g/mol. The fourth-order valence-electron chi connectivity index (χ4n) is 8.03. The molecule has 3 aliphatic heterocycles.